The number of carbonyl (C=O) groups excluding carboxylic acids is 3. The fraction of sp³-hybridized carbons (Fsp3) is 0.512. The maximum Gasteiger partial charge on any atom is 0.259 e. The van der Waals surface area contributed by atoms with Crippen molar-refractivity contribution in [1.82, 2.24) is 24.9 Å². The second-order valence-electron chi connectivity index (χ2n) is 17.4. The third-order valence-electron chi connectivity index (χ3n) is 11.7. The molecule has 1 aliphatic heterocycles. The summed E-state index contributed by atoms with van der Waals surface area (Å²) in [6.07, 6.45) is 1.13. The molecule has 7 rings (SSSR count). The van der Waals surface area contributed by atoms with Crippen LogP contribution < -0.4 is 24.8 Å². The van der Waals surface area contributed by atoms with Gasteiger partial charge < -0.3 is 25.0 Å². The van der Waals surface area contributed by atoms with Crippen LogP contribution in [0.5, 0.6) is 11.5 Å². The zero-order valence-electron chi connectivity index (χ0n) is 34.7. The van der Waals surface area contributed by atoms with Crippen molar-refractivity contribution in [3.8, 4) is 22.2 Å². The summed E-state index contributed by atoms with van der Waals surface area (Å²) in [5.41, 5.74) is 1.41. The molecule has 1 saturated heterocycles. The van der Waals surface area contributed by atoms with E-state index in [4.69, 9.17) is 19.4 Å². The average molecular weight is 849 g/mol. The van der Waals surface area contributed by atoms with Gasteiger partial charge in [0.25, 0.3) is 5.91 Å². The van der Waals surface area contributed by atoms with Gasteiger partial charge in [-0.1, -0.05) is 48.0 Å². The number of halogens is 1. The Kier molecular flexibility index (Phi) is 11.5. The van der Waals surface area contributed by atoms with Gasteiger partial charge in [-0.25, -0.2) is 22.8 Å². The van der Waals surface area contributed by atoms with Gasteiger partial charge in [0.05, 0.1) is 30.1 Å². The number of sulfonamides is 1. The first kappa shape index (κ1) is 42.3. The third-order valence-corrected chi connectivity index (χ3v) is 14.4. The molecule has 2 aromatic heterocycles. The van der Waals surface area contributed by atoms with E-state index in [2.05, 4.69) is 29.2 Å². The van der Waals surface area contributed by atoms with E-state index in [0.29, 0.717) is 58.1 Å². The summed E-state index contributed by atoms with van der Waals surface area (Å²) >= 11 is 1.48. The summed E-state index contributed by atoms with van der Waals surface area (Å²) in [4.78, 5) is 54.5. The van der Waals surface area contributed by atoms with Gasteiger partial charge in [-0.15, -0.1) is 11.3 Å². The molecule has 3 aliphatic rings. The molecular formula is C43H53FN6O7S2. The van der Waals surface area contributed by atoms with E-state index in [-0.39, 0.29) is 31.2 Å². The molecule has 59 heavy (non-hydrogen) atoms. The van der Waals surface area contributed by atoms with Crippen LogP contribution in [0.4, 0.5) is 10.1 Å². The second-order valence-corrected chi connectivity index (χ2v) is 20.2. The van der Waals surface area contributed by atoms with Crippen LogP contribution in [-0.2, 0) is 24.4 Å². The molecule has 316 valence electrons. The molecule has 3 heterocycles. The number of carbonyl (C=O) groups is 3. The number of amides is 3. The van der Waals surface area contributed by atoms with Gasteiger partial charge in [-0.05, 0) is 79.8 Å². The predicted molar refractivity (Wildman–Crippen MR) is 225 cm³/mol. The van der Waals surface area contributed by atoms with Crippen LogP contribution in [0.15, 0.2) is 47.8 Å². The van der Waals surface area contributed by atoms with Crippen LogP contribution >= 0.6 is 11.3 Å². The lowest BCUT2D eigenvalue weighted by molar-refractivity contribution is -0.141. The number of fused-ring (bicyclic) bond motifs is 1. The molecule has 4 aromatic rings. The van der Waals surface area contributed by atoms with Crippen molar-refractivity contribution in [2.75, 3.05) is 19.0 Å². The number of benzene rings is 2. The first-order chi connectivity index (χ1) is 27.8. The molecule has 13 nitrogen and oxygen atoms in total. The zero-order valence-corrected chi connectivity index (χ0v) is 36.4. The van der Waals surface area contributed by atoms with Crippen LogP contribution in [-0.4, -0.2) is 83.6 Å². The number of aryl methyl sites for hydroxylation is 1. The maximum atomic E-state index is 14.9. The second kappa shape index (κ2) is 16.0. The molecule has 0 bridgehead atoms. The fourth-order valence-corrected chi connectivity index (χ4v) is 10.2. The Balaban J connectivity index is 1.24. The Labute approximate surface area is 348 Å². The minimum absolute atomic E-state index is 0.0180. The number of rotatable bonds is 14. The van der Waals surface area contributed by atoms with Gasteiger partial charge in [0.1, 0.15) is 51.7 Å². The summed E-state index contributed by atoms with van der Waals surface area (Å²) < 4.78 is 54.3. The summed E-state index contributed by atoms with van der Waals surface area (Å²) in [5, 5.41) is 9.01. The smallest absolute Gasteiger partial charge is 0.259 e. The number of aromatic nitrogens is 2. The number of hydrogen-bond acceptors (Lipinski definition) is 11. The van der Waals surface area contributed by atoms with E-state index < -0.39 is 68.0 Å². The number of hydrogen-bond donors (Lipinski definition) is 3. The fourth-order valence-electron chi connectivity index (χ4n) is 7.85. The van der Waals surface area contributed by atoms with Crippen molar-refractivity contribution in [3.63, 3.8) is 0 Å². The largest absolute Gasteiger partial charge is 0.496 e. The highest BCUT2D eigenvalue weighted by molar-refractivity contribution is 7.91. The molecular weight excluding hydrogens is 796 g/mol. The first-order valence-corrected chi connectivity index (χ1v) is 22.6. The number of nitrogens with zero attached hydrogens (tertiary/aromatic N) is 3. The summed E-state index contributed by atoms with van der Waals surface area (Å²) in [6.45, 7) is 13.7. The average Bonchev–Trinajstić information content (AvgIpc) is 4.07. The highest BCUT2D eigenvalue weighted by Gasteiger charge is 2.62. The quantitative estimate of drug-likeness (QED) is 0.124. The van der Waals surface area contributed by atoms with Crippen molar-refractivity contribution >= 4 is 55.7 Å². The maximum absolute atomic E-state index is 14.9. The van der Waals surface area contributed by atoms with Crippen molar-refractivity contribution in [2.45, 2.75) is 115 Å². The van der Waals surface area contributed by atoms with Crippen molar-refractivity contribution in [3.05, 3.63) is 64.9 Å². The van der Waals surface area contributed by atoms with E-state index in [1.807, 2.05) is 58.2 Å². The Morgan fingerprint density at radius 3 is 2.37 bits per heavy atom. The van der Waals surface area contributed by atoms with Crippen molar-refractivity contribution in [1.29, 1.82) is 0 Å². The first-order valence-electron chi connectivity index (χ1n) is 20.2. The topological polar surface area (TPSA) is 169 Å². The zero-order chi connectivity index (χ0) is 42.6. The lowest BCUT2D eigenvalue weighted by Crippen LogP contribution is -2.58. The van der Waals surface area contributed by atoms with Crippen LogP contribution in [0.1, 0.15) is 90.8 Å². The van der Waals surface area contributed by atoms with Crippen LogP contribution in [0.25, 0.3) is 21.6 Å². The monoisotopic (exact) mass is 848 g/mol. The molecule has 2 saturated carbocycles. The number of nitrogens with one attached hydrogen (secondary N) is 3. The Morgan fingerprint density at radius 1 is 1.07 bits per heavy atom. The van der Waals surface area contributed by atoms with Crippen molar-refractivity contribution in [2.24, 2.45) is 11.3 Å². The molecule has 3 fully saturated rings. The molecule has 2 aromatic carbocycles. The minimum Gasteiger partial charge on any atom is -0.496 e. The molecule has 3 amide bonds. The predicted octanol–water partition coefficient (Wildman–Crippen LogP) is 6.71. The number of anilines is 1. The Bertz CT molecular complexity index is 2380. The number of likely N-dealkylation sites (tertiary alicyclic amines) is 1. The van der Waals surface area contributed by atoms with Crippen LogP contribution in [0.2, 0.25) is 0 Å². The van der Waals surface area contributed by atoms with Gasteiger partial charge in [0.2, 0.25) is 21.8 Å². The Morgan fingerprint density at radius 2 is 1.78 bits per heavy atom. The van der Waals surface area contributed by atoms with Gasteiger partial charge in [0, 0.05) is 34.5 Å². The lowest BCUT2D eigenvalue weighted by Gasteiger charge is -2.36. The number of ether oxygens (including phenoxy) is 2. The van der Waals surface area contributed by atoms with Gasteiger partial charge in [0.15, 0.2) is 0 Å². The highest BCUT2D eigenvalue weighted by atomic mass is 32.2. The van der Waals surface area contributed by atoms with E-state index in [1.54, 1.807) is 19.2 Å². The highest BCUT2D eigenvalue weighted by Crippen LogP contribution is 2.47. The van der Waals surface area contributed by atoms with Crippen LogP contribution in [0.3, 0.4) is 0 Å². The van der Waals surface area contributed by atoms with Crippen LogP contribution in [0, 0.1) is 24.1 Å². The number of thiazole rings is 1. The standard InChI is InChI=1S/C43H53FN6O7S2/c1-9-25-20-43(25,41(53)49-59(54,55)29-14-15-29)48-38(51)33-18-28(21-50(33)40(52)37(42(5,6)7)45-27-12-10-26(44)11-13-27)57-35-19-31(39-47-32(22-58-39)23(2)3)46-36-24(4)34(56-8)17-16-30(35)36/h10-13,16-17,19,22-23,25,28-29,33,37,45H,9,14-15,18,20-21H2,1-8H3,(H,48,51)(H,49,53). The van der Waals surface area contributed by atoms with E-state index in [0.717, 1.165) is 11.3 Å². The lowest BCUT2D eigenvalue weighted by atomic mass is 9.85. The SMILES string of the molecule is CCC1CC1(NC(=O)C1CC(Oc2cc(-c3nc(C(C)C)cs3)nc3c(C)c(OC)ccc23)CN1C(=O)C(Nc1ccc(F)cc1)C(C)(C)C)C(=O)NS(=O)(=O)C1CC1. The molecule has 0 spiro atoms. The molecule has 16 heteroatoms. The molecule has 5 atom stereocenters. The Hall–Kier alpha value is -4.83. The number of pyridine rings is 1. The molecule has 2 aliphatic carbocycles. The summed E-state index contributed by atoms with van der Waals surface area (Å²) in [5.74, 6) is -1.09. The third kappa shape index (κ3) is 8.61. The summed E-state index contributed by atoms with van der Waals surface area (Å²) in [6, 6.07) is 9.30. The minimum atomic E-state index is -3.88. The van der Waals surface area contributed by atoms with Gasteiger partial charge >= 0.3 is 0 Å². The molecule has 0 radical (unpaired) electrons. The van der Waals surface area contributed by atoms with Crippen molar-refractivity contribution < 1.29 is 36.7 Å². The summed E-state index contributed by atoms with van der Waals surface area (Å²) in [7, 11) is -2.28. The molecule has 3 N–H and O–H groups in total. The van der Waals surface area contributed by atoms with Gasteiger partial charge in [-0.3, -0.25) is 19.1 Å². The number of methoxy groups -OCH3 is 1. The normalized spacial score (nSPS) is 22.3. The van der Waals surface area contributed by atoms with E-state index in [1.165, 1.54) is 28.4 Å². The van der Waals surface area contributed by atoms with Gasteiger partial charge in [-0.2, -0.15) is 0 Å². The van der Waals surface area contributed by atoms with E-state index in [9.17, 15) is 27.2 Å². The van der Waals surface area contributed by atoms with E-state index >= 15 is 0 Å². The molecule has 5 unspecified atom stereocenters.